The van der Waals surface area contributed by atoms with Crippen LogP contribution in [-0.4, -0.2) is 49.3 Å². The molecule has 532 valence electrons. The fourth-order valence-electron chi connectivity index (χ4n) is 9.44. The number of unbranched alkanes of at least 4 members (excludes halogenated alkanes) is 18. The highest BCUT2D eigenvalue weighted by atomic mass is 31.2. The van der Waals surface area contributed by atoms with Gasteiger partial charge in [0.1, 0.15) is 6.61 Å². The molecule has 0 radical (unpaired) electrons. The summed E-state index contributed by atoms with van der Waals surface area (Å²) < 4.78 is 33.2. The summed E-state index contributed by atoms with van der Waals surface area (Å²) in [5.74, 6) is -0.857. The molecule has 0 aliphatic rings. The van der Waals surface area contributed by atoms with E-state index in [9.17, 15) is 19.0 Å². The number of carbonyl (C=O) groups excluding carboxylic acids is 2. The number of rotatable bonds is 67. The average Bonchev–Trinajstić information content (AvgIpc) is 2.75. The molecular formula is C85H134NO8P. The van der Waals surface area contributed by atoms with E-state index in [2.05, 4.69) is 233 Å². The lowest BCUT2D eigenvalue weighted by Crippen LogP contribution is -2.29. The van der Waals surface area contributed by atoms with E-state index in [-0.39, 0.29) is 32.6 Å². The van der Waals surface area contributed by atoms with Crippen molar-refractivity contribution >= 4 is 19.8 Å². The van der Waals surface area contributed by atoms with Crippen LogP contribution in [-0.2, 0) is 32.7 Å². The Kier molecular flexibility index (Phi) is 72.7. The Balaban J connectivity index is 4.00. The Morgan fingerprint density at radius 1 is 0.316 bits per heavy atom. The van der Waals surface area contributed by atoms with Crippen molar-refractivity contribution in [2.45, 2.75) is 277 Å². The van der Waals surface area contributed by atoms with Crippen LogP contribution in [0.1, 0.15) is 271 Å². The number of nitrogens with two attached hydrogens (primary N) is 1. The first-order chi connectivity index (χ1) is 46.8. The Labute approximate surface area is 581 Å². The van der Waals surface area contributed by atoms with Crippen molar-refractivity contribution in [2.24, 2.45) is 5.73 Å². The lowest BCUT2D eigenvalue weighted by molar-refractivity contribution is -0.161. The summed E-state index contributed by atoms with van der Waals surface area (Å²) in [6.45, 7) is 3.48. The van der Waals surface area contributed by atoms with E-state index >= 15 is 0 Å². The number of phosphoric acid groups is 1. The highest BCUT2D eigenvalue weighted by Crippen LogP contribution is 2.43. The normalized spacial score (nSPS) is 14.2. The van der Waals surface area contributed by atoms with Gasteiger partial charge in [0.25, 0.3) is 0 Å². The van der Waals surface area contributed by atoms with E-state index in [1.165, 1.54) is 57.8 Å². The molecule has 0 aromatic carbocycles. The molecule has 0 aliphatic carbocycles. The maximum absolute atomic E-state index is 12.8. The Bertz CT molecular complexity index is 2370. The largest absolute Gasteiger partial charge is 0.472 e. The van der Waals surface area contributed by atoms with Gasteiger partial charge in [-0.25, -0.2) is 4.57 Å². The molecule has 0 heterocycles. The highest BCUT2D eigenvalue weighted by Gasteiger charge is 2.26. The summed E-state index contributed by atoms with van der Waals surface area (Å²) in [5.41, 5.74) is 5.41. The second-order valence-electron chi connectivity index (χ2n) is 23.7. The van der Waals surface area contributed by atoms with Crippen molar-refractivity contribution in [1.82, 2.24) is 0 Å². The van der Waals surface area contributed by atoms with Gasteiger partial charge in [0, 0.05) is 19.4 Å². The molecule has 0 aromatic rings. The number of ether oxygens (including phenoxy) is 2. The first-order valence-electron chi connectivity index (χ1n) is 37.2. The van der Waals surface area contributed by atoms with Gasteiger partial charge < -0.3 is 20.1 Å². The van der Waals surface area contributed by atoms with Gasteiger partial charge in [0.2, 0.25) is 0 Å². The summed E-state index contributed by atoms with van der Waals surface area (Å²) in [4.78, 5) is 35.4. The monoisotopic (exact) mass is 1330 g/mol. The second-order valence-corrected chi connectivity index (χ2v) is 25.1. The van der Waals surface area contributed by atoms with Gasteiger partial charge in [-0.05, 0) is 154 Å². The minimum atomic E-state index is -4.42. The third-order valence-electron chi connectivity index (χ3n) is 14.9. The Morgan fingerprint density at radius 3 is 0.811 bits per heavy atom. The Morgan fingerprint density at radius 2 is 0.547 bits per heavy atom. The van der Waals surface area contributed by atoms with Gasteiger partial charge in [-0.3, -0.25) is 18.6 Å². The first-order valence-corrected chi connectivity index (χ1v) is 38.7. The molecule has 0 bridgehead atoms. The van der Waals surface area contributed by atoms with Gasteiger partial charge in [0.15, 0.2) is 6.10 Å². The van der Waals surface area contributed by atoms with Crippen LogP contribution in [0, 0.1) is 0 Å². The van der Waals surface area contributed by atoms with Crippen LogP contribution in [0.3, 0.4) is 0 Å². The lowest BCUT2D eigenvalue weighted by atomic mass is 10.0. The minimum Gasteiger partial charge on any atom is -0.462 e. The fraction of sp³-hybridized carbons (Fsp3) is 0.553. The van der Waals surface area contributed by atoms with Crippen molar-refractivity contribution < 1.29 is 37.6 Å². The van der Waals surface area contributed by atoms with Gasteiger partial charge in [0.05, 0.1) is 13.2 Å². The summed E-state index contributed by atoms with van der Waals surface area (Å²) in [6, 6.07) is 0. The quantitative estimate of drug-likeness (QED) is 0.0264. The van der Waals surface area contributed by atoms with E-state index in [0.29, 0.717) is 6.42 Å². The smallest absolute Gasteiger partial charge is 0.462 e. The van der Waals surface area contributed by atoms with Crippen molar-refractivity contribution in [3.63, 3.8) is 0 Å². The van der Waals surface area contributed by atoms with Crippen LogP contribution in [0.4, 0.5) is 0 Å². The molecule has 0 saturated carbocycles. The summed E-state index contributed by atoms with van der Waals surface area (Å²) in [7, 11) is -4.42. The van der Waals surface area contributed by atoms with Gasteiger partial charge in [-0.1, -0.05) is 322 Å². The van der Waals surface area contributed by atoms with Crippen molar-refractivity contribution in [3.8, 4) is 0 Å². The molecule has 0 aromatic heterocycles. The van der Waals surface area contributed by atoms with Crippen molar-refractivity contribution in [2.75, 3.05) is 26.4 Å². The predicted molar refractivity (Wildman–Crippen MR) is 412 cm³/mol. The minimum absolute atomic E-state index is 0.0402. The van der Waals surface area contributed by atoms with Crippen LogP contribution in [0.2, 0.25) is 0 Å². The van der Waals surface area contributed by atoms with Gasteiger partial charge in [-0.2, -0.15) is 0 Å². The van der Waals surface area contributed by atoms with Crippen molar-refractivity contribution in [1.29, 1.82) is 0 Å². The summed E-state index contributed by atoms with van der Waals surface area (Å²) >= 11 is 0. The molecule has 2 atom stereocenters. The number of hydrogen-bond donors (Lipinski definition) is 2. The molecule has 0 amide bonds. The number of allylic oxidation sites excluding steroid dienone is 36. The molecule has 9 nitrogen and oxygen atoms in total. The molecule has 95 heavy (non-hydrogen) atoms. The fourth-order valence-corrected chi connectivity index (χ4v) is 10.2. The molecule has 0 spiro atoms. The number of phosphoric ester groups is 1. The molecule has 3 N–H and O–H groups in total. The van der Waals surface area contributed by atoms with Gasteiger partial charge in [-0.15, -0.1) is 0 Å². The predicted octanol–water partition coefficient (Wildman–Crippen LogP) is 25.2. The van der Waals surface area contributed by atoms with Crippen LogP contribution < -0.4 is 5.73 Å². The lowest BCUT2D eigenvalue weighted by Gasteiger charge is -2.19. The number of esters is 2. The van der Waals surface area contributed by atoms with Crippen LogP contribution in [0.5, 0.6) is 0 Å². The zero-order valence-corrected chi connectivity index (χ0v) is 60.7. The number of hydrogen-bond acceptors (Lipinski definition) is 8. The van der Waals surface area contributed by atoms with Crippen LogP contribution in [0.15, 0.2) is 219 Å². The molecule has 2 unspecified atom stereocenters. The van der Waals surface area contributed by atoms with E-state index in [1.807, 2.05) is 0 Å². The molecule has 0 aliphatic heterocycles. The SMILES string of the molecule is CC/C=C\C/C=C\C/C=C\C/C=C\C/C=C\C/C=C\C/C=C\C/C=C\C/C=C\C/C=C\C/C=C\CCCCCCCCCC(=O)OC(COC(=O)CCCCCCCCCCCCC/C=C\C/C=C\C/C=C\C/C=C\C/C=C\C/C=C\C/C=C\CC)COP(=O)(O)OCCN. The maximum atomic E-state index is 12.8. The second kappa shape index (κ2) is 77.3. The van der Waals surface area contributed by atoms with E-state index in [0.717, 1.165) is 180 Å². The van der Waals surface area contributed by atoms with E-state index in [1.54, 1.807) is 0 Å². The van der Waals surface area contributed by atoms with Crippen LogP contribution >= 0.6 is 7.82 Å². The molecule has 0 fully saturated rings. The highest BCUT2D eigenvalue weighted by molar-refractivity contribution is 7.47. The topological polar surface area (TPSA) is 134 Å². The third-order valence-corrected chi connectivity index (χ3v) is 15.8. The zero-order valence-electron chi connectivity index (χ0n) is 59.8. The molecule has 10 heteroatoms. The standard InChI is InChI=1S/C85H134NO8P/c1-3-5-7-9-11-13-15-17-19-21-23-25-27-29-31-33-35-37-38-39-40-41-42-43-44-46-48-50-52-54-56-58-60-62-64-66-68-70-72-74-76-78-85(88)94-83(82-93-95(89,90)92-80-79-86)81-91-84(87)77-75-73-71-69-67-65-63-61-59-57-55-53-51-49-47-45-36-34-32-30-28-26-24-22-20-18-16-14-12-10-8-6-4-2/h5-8,11-14,17-20,23-26,29-32,35-37,39-40,42-43,45-46,48-49,51-52,54,58,60,83H,3-4,9-10,15-16,21-22,27-28,33-34,38,41,44,47,50,53,55-57,59,61-82,86H2,1-2H3,(H,89,90)/b7-5-,8-6-,13-11-,14-12-,19-17-,20-18-,25-23-,26-24-,31-29-,32-30-,37-35-,40-39-,43-42-,45-36-,48-46-,51-49-,54-52-,60-58-. The Hall–Kier alpha value is -5.67. The van der Waals surface area contributed by atoms with Gasteiger partial charge >= 0.3 is 19.8 Å². The molecular weight excluding hydrogens is 1190 g/mol. The maximum Gasteiger partial charge on any atom is 0.472 e. The zero-order chi connectivity index (χ0) is 68.6. The average molecular weight is 1330 g/mol. The molecule has 0 saturated heterocycles. The summed E-state index contributed by atoms with van der Waals surface area (Å²) in [5, 5.41) is 0. The summed E-state index contributed by atoms with van der Waals surface area (Å²) in [6.07, 6.45) is 120. The third kappa shape index (κ3) is 77.2. The van der Waals surface area contributed by atoms with Crippen molar-refractivity contribution in [3.05, 3.63) is 219 Å². The van der Waals surface area contributed by atoms with E-state index in [4.69, 9.17) is 24.3 Å². The number of carbonyl (C=O) groups is 2. The van der Waals surface area contributed by atoms with E-state index < -0.39 is 32.5 Å². The first kappa shape index (κ1) is 89.3. The van der Waals surface area contributed by atoms with Crippen LogP contribution in [0.25, 0.3) is 0 Å². The molecule has 0 rings (SSSR count).